The molecule has 9 heteroatoms. The van der Waals surface area contributed by atoms with Gasteiger partial charge >= 0.3 is 0 Å². The molecule has 0 unspecified atom stereocenters. The lowest BCUT2D eigenvalue weighted by molar-refractivity contribution is -0.126. The number of piperazine rings is 1. The van der Waals surface area contributed by atoms with Gasteiger partial charge in [-0.25, -0.2) is 4.98 Å². The molecule has 9 nitrogen and oxygen atoms in total. The van der Waals surface area contributed by atoms with Gasteiger partial charge < -0.3 is 23.8 Å². The highest BCUT2D eigenvalue weighted by molar-refractivity contribution is 5.92. The number of pyridine rings is 1. The number of ether oxygens (including phenoxy) is 2. The molecule has 164 valence electrons. The van der Waals surface area contributed by atoms with Crippen molar-refractivity contribution in [3.8, 4) is 22.9 Å². The molecule has 5 rings (SSSR count). The summed E-state index contributed by atoms with van der Waals surface area (Å²) in [5.41, 5.74) is 1.72. The van der Waals surface area contributed by atoms with Crippen LogP contribution in [0.25, 0.3) is 17.5 Å². The van der Waals surface area contributed by atoms with Crippen LogP contribution in [0.5, 0.6) is 11.5 Å². The lowest BCUT2D eigenvalue weighted by atomic mass is 10.2. The van der Waals surface area contributed by atoms with Gasteiger partial charge in [-0.2, -0.15) is 4.98 Å². The molecule has 1 amide bonds. The fourth-order valence-electron chi connectivity index (χ4n) is 3.67. The SMILES string of the molecule is CCc1nc(-c2ccc(N3CCN(C(=O)/C=C\c4ccc5c(c4)OCO5)CC3)nc2)no1. The third-order valence-electron chi connectivity index (χ3n) is 5.51. The van der Waals surface area contributed by atoms with Gasteiger partial charge in [-0.3, -0.25) is 4.79 Å². The fraction of sp³-hybridized carbons (Fsp3) is 0.304. The Morgan fingerprint density at radius 1 is 1.09 bits per heavy atom. The van der Waals surface area contributed by atoms with Gasteiger partial charge in [0.1, 0.15) is 5.82 Å². The van der Waals surface area contributed by atoms with E-state index in [2.05, 4.69) is 20.0 Å². The number of aryl methyl sites for hydroxylation is 1. The molecule has 32 heavy (non-hydrogen) atoms. The van der Waals surface area contributed by atoms with E-state index in [4.69, 9.17) is 14.0 Å². The third-order valence-corrected chi connectivity index (χ3v) is 5.51. The average Bonchev–Trinajstić information content (AvgIpc) is 3.52. The van der Waals surface area contributed by atoms with Crippen molar-refractivity contribution in [2.75, 3.05) is 37.9 Å². The molecular formula is C23H23N5O4. The molecule has 0 atom stereocenters. The normalized spacial score (nSPS) is 15.5. The number of carbonyl (C=O) groups excluding carboxylic acids is 1. The van der Waals surface area contributed by atoms with Crippen LogP contribution in [0.1, 0.15) is 18.4 Å². The Hall–Kier alpha value is -3.88. The topological polar surface area (TPSA) is 93.8 Å². The van der Waals surface area contributed by atoms with E-state index in [0.29, 0.717) is 37.0 Å². The van der Waals surface area contributed by atoms with Crippen molar-refractivity contribution in [2.45, 2.75) is 13.3 Å². The van der Waals surface area contributed by atoms with Gasteiger partial charge in [0.05, 0.1) is 0 Å². The number of nitrogens with zero attached hydrogens (tertiary/aromatic N) is 5. The van der Waals surface area contributed by atoms with Crippen LogP contribution in [-0.2, 0) is 11.2 Å². The van der Waals surface area contributed by atoms with Gasteiger partial charge in [-0.1, -0.05) is 18.1 Å². The summed E-state index contributed by atoms with van der Waals surface area (Å²) >= 11 is 0. The van der Waals surface area contributed by atoms with E-state index >= 15 is 0 Å². The van der Waals surface area contributed by atoms with E-state index in [0.717, 1.165) is 35.8 Å². The quantitative estimate of drug-likeness (QED) is 0.567. The summed E-state index contributed by atoms with van der Waals surface area (Å²) in [5.74, 6) is 3.46. The lowest BCUT2D eigenvalue weighted by Gasteiger charge is -2.35. The maximum atomic E-state index is 12.6. The number of hydrogen-bond donors (Lipinski definition) is 0. The zero-order valence-electron chi connectivity index (χ0n) is 17.7. The minimum absolute atomic E-state index is 0.00513. The molecule has 2 aliphatic heterocycles. The van der Waals surface area contributed by atoms with Crippen LogP contribution < -0.4 is 14.4 Å². The number of aromatic nitrogens is 3. The number of carbonyl (C=O) groups is 1. The molecular weight excluding hydrogens is 410 g/mol. The predicted octanol–water partition coefficient (Wildman–Crippen LogP) is 2.78. The first-order valence-electron chi connectivity index (χ1n) is 10.6. The Labute approximate surface area is 185 Å². The van der Waals surface area contributed by atoms with Gasteiger partial charge in [0.2, 0.25) is 24.4 Å². The number of amides is 1. The molecule has 0 spiro atoms. The number of fused-ring (bicyclic) bond motifs is 1. The molecule has 0 bridgehead atoms. The van der Waals surface area contributed by atoms with Crippen molar-refractivity contribution in [3.63, 3.8) is 0 Å². The molecule has 1 fully saturated rings. The molecule has 0 N–H and O–H groups in total. The standard InChI is InChI=1S/C23H23N5O4/c1-2-21-25-23(26-32-21)17-5-7-20(24-14-17)27-9-11-28(12-10-27)22(29)8-4-16-3-6-18-19(13-16)31-15-30-18/h3-8,13-14H,2,9-12,15H2,1H3/b8-4-. The lowest BCUT2D eigenvalue weighted by Crippen LogP contribution is -2.48. The van der Waals surface area contributed by atoms with Crippen molar-refractivity contribution in [3.05, 3.63) is 54.1 Å². The Balaban J connectivity index is 1.16. The second-order valence-electron chi connectivity index (χ2n) is 7.53. The maximum absolute atomic E-state index is 12.6. The monoisotopic (exact) mass is 433 g/mol. The molecule has 2 aromatic heterocycles. The first-order valence-corrected chi connectivity index (χ1v) is 10.6. The van der Waals surface area contributed by atoms with Crippen molar-refractivity contribution in [2.24, 2.45) is 0 Å². The molecule has 3 aromatic rings. The predicted molar refractivity (Wildman–Crippen MR) is 117 cm³/mol. The largest absolute Gasteiger partial charge is 0.454 e. The van der Waals surface area contributed by atoms with Crippen LogP contribution in [0.3, 0.4) is 0 Å². The minimum atomic E-state index is -0.00513. The van der Waals surface area contributed by atoms with Gasteiger partial charge in [-0.15, -0.1) is 0 Å². The van der Waals surface area contributed by atoms with E-state index in [9.17, 15) is 4.79 Å². The molecule has 0 saturated carbocycles. The van der Waals surface area contributed by atoms with Crippen LogP contribution in [0.15, 0.2) is 47.1 Å². The number of benzene rings is 1. The first-order chi connectivity index (χ1) is 15.7. The highest BCUT2D eigenvalue weighted by Crippen LogP contribution is 2.32. The summed E-state index contributed by atoms with van der Waals surface area (Å²) in [6, 6.07) is 9.52. The first kappa shape index (κ1) is 20.0. The summed E-state index contributed by atoms with van der Waals surface area (Å²) < 4.78 is 15.9. The van der Waals surface area contributed by atoms with Gasteiger partial charge in [0.15, 0.2) is 11.5 Å². The smallest absolute Gasteiger partial charge is 0.246 e. The van der Waals surface area contributed by atoms with E-state index in [1.54, 1.807) is 18.3 Å². The third kappa shape index (κ3) is 4.14. The summed E-state index contributed by atoms with van der Waals surface area (Å²) in [4.78, 5) is 25.5. The van der Waals surface area contributed by atoms with Crippen LogP contribution in [0, 0.1) is 0 Å². The highest BCUT2D eigenvalue weighted by atomic mass is 16.7. The van der Waals surface area contributed by atoms with Crippen molar-refractivity contribution in [1.82, 2.24) is 20.0 Å². The number of anilines is 1. The van der Waals surface area contributed by atoms with Gasteiger partial charge in [-0.05, 0) is 35.9 Å². The van der Waals surface area contributed by atoms with Crippen LogP contribution in [-0.4, -0.2) is 58.9 Å². The average molecular weight is 433 g/mol. The second kappa shape index (κ2) is 8.70. The number of hydrogen-bond acceptors (Lipinski definition) is 8. The van der Waals surface area contributed by atoms with Crippen molar-refractivity contribution >= 4 is 17.8 Å². The zero-order chi connectivity index (χ0) is 21.9. The van der Waals surface area contributed by atoms with Crippen molar-refractivity contribution < 1.29 is 18.8 Å². The van der Waals surface area contributed by atoms with E-state index in [1.807, 2.05) is 42.2 Å². The second-order valence-corrected chi connectivity index (χ2v) is 7.53. The molecule has 0 aliphatic carbocycles. The summed E-state index contributed by atoms with van der Waals surface area (Å²) in [7, 11) is 0. The summed E-state index contributed by atoms with van der Waals surface area (Å²) in [6.07, 6.45) is 5.87. The molecule has 1 saturated heterocycles. The van der Waals surface area contributed by atoms with E-state index < -0.39 is 0 Å². The summed E-state index contributed by atoms with van der Waals surface area (Å²) in [5, 5.41) is 3.98. The Morgan fingerprint density at radius 2 is 1.94 bits per heavy atom. The fourth-order valence-corrected chi connectivity index (χ4v) is 3.67. The van der Waals surface area contributed by atoms with E-state index in [-0.39, 0.29) is 12.7 Å². The van der Waals surface area contributed by atoms with Gasteiger partial charge in [0, 0.05) is 50.4 Å². The summed E-state index contributed by atoms with van der Waals surface area (Å²) in [6.45, 7) is 4.92. The molecule has 1 aromatic carbocycles. The zero-order valence-corrected chi connectivity index (χ0v) is 17.7. The molecule has 2 aliphatic rings. The van der Waals surface area contributed by atoms with Crippen LogP contribution in [0.2, 0.25) is 0 Å². The Bertz CT molecular complexity index is 1130. The van der Waals surface area contributed by atoms with Crippen molar-refractivity contribution in [1.29, 1.82) is 0 Å². The Kier molecular flexibility index (Phi) is 5.45. The van der Waals surface area contributed by atoms with Crippen LogP contribution >= 0.6 is 0 Å². The molecule has 0 radical (unpaired) electrons. The van der Waals surface area contributed by atoms with Gasteiger partial charge in [0.25, 0.3) is 0 Å². The van der Waals surface area contributed by atoms with Crippen LogP contribution in [0.4, 0.5) is 5.82 Å². The van der Waals surface area contributed by atoms with E-state index in [1.165, 1.54) is 0 Å². The molecule has 4 heterocycles. The minimum Gasteiger partial charge on any atom is -0.454 e. The highest BCUT2D eigenvalue weighted by Gasteiger charge is 2.21. The Morgan fingerprint density at radius 3 is 2.69 bits per heavy atom. The number of rotatable bonds is 5. The maximum Gasteiger partial charge on any atom is 0.246 e.